The van der Waals surface area contributed by atoms with E-state index in [1.54, 1.807) is 12.1 Å². The van der Waals surface area contributed by atoms with Crippen molar-refractivity contribution >= 4 is 22.9 Å². The zero-order chi connectivity index (χ0) is 9.26. The molecule has 0 saturated heterocycles. The Labute approximate surface area is 82.2 Å². The summed E-state index contributed by atoms with van der Waals surface area (Å²) < 4.78 is 0. The minimum absolute atomic E-state index is 0.188. The Morgan fingerprint density at radius 3 is 2.85 bits per heavy atom. The molecule has 0 bridgehead atoms. The highest BCUT2D eigenvalue weighted by molar-refractivity contribution is 7.12. The lowest BCUT2D eigenvalue weighted by atomic mass is 10.4. The number of halogens is 1. The minimum atomic E-state index is -0.188. The lowest BCUT2D eigenvalue weighted by Crippen LogP contribution is -1.90. The van der Waals surface area contributed by atoms with Crippen LogP contribution in [0.3, 0.4) is 0 Å². The Morgan fingerprint density at radius 1 is 1.46 bits per heavy atom. The lowest BCUT2D eigenvalue weighted by Gasteiger charge is -1.92. The van der Waals surface area contributed by atoms with E-state index in [-0.39, 0.29) is 4.87 Å². The topological polar surface area (TPSA) is 58.6 Å². The SMILES string of the molecule is O=c1[nH]nc(-c2ccc(Cl)cn2)s1. The molecule has 6 heteroatoms. The Balaban J connectivity index is 2.47. The molecule has 0 unspecified atom stereocenters. The summed E-state index contributed by atoms with van der Waals surface area (Å²) in [6.07, 6.45) is 1.52. The first kappa shape index (κ1) is 8.40. The molecule has 2 heterocycles. The minimum Gasteiger partial charge on any atom is -0.255 e. The summed E-state index contributed by atoms with van der Waals surface area (Å²) in [5, 5.41) is 7.25. The van der Waals surface area contributed by atoms with Crippen molar-refractivity contribution in [1.82, 2.24) is 15.2 Å². The fourth-order valence-corrected chi connectivity index (χ4v) is 1.54. The van der Waals surface area contributed by atoms with Crippen LogP contribution in [0.5, 0.6) is 0 Å². The van der Waals surface area contributed by atoms with E-state index in [0.29, 0.717) is 15.7 Å². The molecule has 0 aliphatic rings. The van der Waals surface area contributed by atoms with Crippen molar-refractivity contribution in [2.24, 2.45) is 0 Å². The van der Waals surface area contributed by atoms with Crippen molar-refractivity contribution in [3.63, 3.8) is 0 Å². The second-order valence-corrected chi connectivity index (χ2v) is 3.68. The second kappa shape index (κ2) is 3.27. The molecule has 2 rings (SSSR count). The van der Waals surface area contributed by atoms with E-state index in [0.717, 1.165) is 11.3 Å². The van der Waals surface area contributed by atoms with Gasteiger partial charge >= 0.3 is 4.87 Å². The van der Waals surface area contributed by atoms with Gasteiger partial charge in [-0.05, 0) is 12.1 Å². The normalized spacial score (nSPS) is 10.2. The first-order chi connectivity index (χ1) is 6.25. The van der Waals surface area contributed by atoms with Gasteiger partial charge in [0.15, 0.2) is 5.01 Å². The summed E-state index contributed by atoms with van der Waals surface area (Å²) >= 11 is 6.67. The van der Waals surface area contributed by atoms with E-state index in [4.69, 9.17) is 11.6 Å². The quantitative estimate of drug-likeness (QED) is 0.782. The molecule has 0 spiro atoms. The zero-order valence-electron chi connectivity index (χ0n) is 6.32. The molecule has 13 heavy (non-hydrogen) atoms. The predicted octanol–water partition coefficient (Wildman–Crippen LogP) is 1.55. The third-order valence-corrected chi connectivity index (χ3v) is 2.38. The molecule has 0 aliphatic heterocycles. The highest BCUT2D eigenvalue weighted by Crippen LogP contribution is 2.17. The zero-order valence-corrected chi connectivity index (χ0v) is 7.89. The Bertz CT molecular complexity index is 461. The predicted molar refractivity (Wildman–Crippen MR) is 51.0 cm³/mol. The van der Waals surface area contributed by atoms with Crippen LogP contribution in [-0.2, 0) is 0 Å². The van der Waals surface area contributed by atoms with E-state index < -0.39 is 0 Å². The van der Waals surface area contributed by atoms with Gasteiger partial charge in [0.05, 0.1) is 5.02 Å². The van der Waals surface area contributed by atoms with Gasteiger partial charge in [0, 0.05) is 6.20 Å². The van der Waals surface area contributed by atoms with E-state index >= 15 is 0 Å². The Morgan fingerprint density at radius 2 is 2.31 bits per heavy atom. The third-order valence-electron chi connectivity index (χ3n) is 1.38. The smallest absolute Gasteiger partial charge is 0.255 e. The number of hydrogen-bond acceptors (Lipinski definition) is 4. The van der Waals surface area contributed by atoms with Crippen molar-refractivity contribution < 1.29 is 0 Å². The van der Waals surface area contributed by atoms with Gasteiger partial charge < -0.3 is 0 Å². The van der Waals surface area contributed by atoms with Crippen LogP contribution in [0.2, 0.25) is 5.02 Å². The number of H-pyrrole nitrogens is 1. The van der Waals surface area contributed by atoms with Crippen LogP contribution in [0, 0.1) is 0 Å². The van der Waals surface area contributed by atoms with E-state index in [1.807, 2.05) is 0 Å². The standard InChI is InChI=1S/C7H4ClN3OS/c8-4-1-2-5(9-3-4)6-10-11-7(12)13-6/h1-3H,(H,11,12). The molecule has 0 atom stereocenters. The second-order valence-electron chi connectivity index (χ2n) is 2.28. The van der Waals surface area contributed by atoms with E-state index in [1.165, 1.54) is 6.20 Å². The summed E-state index contributed by atoms with van der Waals surface area (Å²) in [5.41, 5.74) is 0.646. The van der Waals surface area contributed by atoms with Gasteiger partial charge in [-0.15, -0.1) is 0 Å². The Hall–Kier alpha value is -1.20. The first-order valence-electron chi connectivity index (χ1n) is 3.43. The number of aromatic amines is 1. The first-order valence-corrected chi connectivity index (χ1v) is 4.62. The van der Waals surface area contributed by atoms with Crippen LogP contribution >= 0.6 is 22.9 Å². The fraction of sp³-hybridized carbons (Fsp3) is 0. The van der Waals surface area contributed by atoms with E-state index in [2.05, 4.69) is 15.2 Å². The number of hydrogen-bond donors (Lipinski definition) is 1. The Kier molecular flexibility index (Phi) is 2.12. The molecule has 0 aromatic carbocycles. The molecule has 1 N–H and O–H groups in total. The van der Waals surface area contributed by atoms with Crippen molar-refractivity contribution in [2.45, 2.75) is 0 Å². The highest BCUT2D eigenvalue weighted by Gasteiger charge is 2.03. The average molecular weight is 214 g/mol. The average Bonchev–Trinajstić information content (AvgIpc) is 2.53. The van der Waals surface area contributed by atoms with Crippen molar-refractivity contribution in [1.29, 1.82) is 0 Å². The number of pyridine rings is 1. The van der Waals surface area contributed by atoms with Crippen LogP contribution < -0.4 is 4.87 Å². The van der Waals surface area contributed by atoms with E-state index in [9.17, 15) is 4.79 Å². The van der Waals surface area contributed by atoms with Gasteiger partial charge in [0.2, 0.25) is 0 Å². The van der Waals surface area contributed by atoms with Crippen LogP contribution in [-0.4, -0.2) is 15.2 Å². The summed E-state index contributed by atoms with van der Waals surface area (Å²) in [6, 6.07) is 3.42. The van der Waals surface area contributed by atoms with Crippen LogP contribution in [0.25, 0.3) is 10.7 Å². The molecule has 66 valence electrons. The molecule has 0 amide bonds. The number of rotatable bonds is 1. The molecular formula is C7H4ClN3OS. The van der Waals surface area contributed by atoms with Crippen molar-refractivity contribution in [3.8, 4) is 10.7 Å². The summed E-state index contributed by atoms with van der Waals surface area (Å²) in [4.78, 5) is 14.6. The molecule has 0 saturated carbocycles. The largest absolute Gasteiger partial charge is 0.322 e. The molecule has 0 radical (unpaired) electrons. The monoisotopic (exact) mass is 213 g/mol. The van der Waals surface area contributed by atoms with Gasteiger partial charge in [-0.2, -0.15) is 5.10 Å². The number of nitrogens with one attached hydrogen (secondary N) is 1. The van der Waals surface area contributed by atoms with Gasteiger partial charge in [-0.1, -0.05) is 22.9 Å². The van der Waals surface area contributed by atoms with Gasteiger partial charge in [0.1, 0.15) is 5.69 Å². The maximum absolute atomic E-state index is 10.8. The molecule has 4 nitrogen and oxygen atoms in total. The van der Waals surface area contributed by atoms with Crippen LogP contribution in [0.1, 0.15) is 0 Å². The number of aromatic nitrogens is 3. The van der Waals surface area contributed by atoms with Gasteiger partial charge in [0.25, 0.3) is 0 Å². The van der Waals surface area contributed by atoms with Crippen LogP contribution in [0.4, 0.5) is 0 Å². The van der Waals surface area contributed by atoms with Crippen molar-refractivity contribution in [2.75, 3.05) is 0 Å². The highest BCUT2D eigenvalue weighted by atomic mass is 35.5. The summed E-state index contributed by atoms with van der Waals surface area (Å²) in [7, 11) is 0. The van der Waals surface area contributed by atoms with Crippen molar-refractivity contribution in [3.05, 3.63) is 33.0 Å². The molecular weight excluding hydrogens is 210 g/mol. The number of nitrogens with zero attached hydrogens (tertiary/aromatic N) is 2. The molecule has 2 aromatic rings. The van der Waals surface area contributed by atoms with Crippen LogP contribution in [0.15, 0.2) is 23.1 Å². The fourth-order valence-electron chi connectivity index (χ4n) is 0.842. The molecule has 2 aromatic heterocycles. The van der Waals surface area contributed by atoms with Gasteiger partial charge in [-0.25, -0.2) is 5.10 Å². The summed E-state index contributed by atoms with van der Waals surface area (Å²) in [6.45, 7) is 0. The van der Waals surface area contributed by atoms with Gasteiger partial charge in [-0.3, -0.25) is 9.78 Å². The molecule has 0 fully saturated rings. The molecule has 0 aliphatic carbocycles. The summed E-state index contributed by atoms with van der Waals surface area (Å²) in [5.74, 6) is 0. The maximum atomic E-state index is 10.8. The maximum Gasteiger partial charge on any atom is 0.322 e. The third kappa shape index (κ3) is 1.76. The lowest BCUT2D eigenvalue weighted by molar-refractivity contribution is 1.05.